The van der Waals surface area contributed by atoms with Gasteiger partial charge in [0.25, 0.3) is 10.0 Å². The molecule has 9 heteroatoms. The Bertz CT molecular complexity index is 917. The van der Waals surface area contributed by atoms with Gasteiger partial charge in [0.2, 0.25) is 5.91 Å². The third kappa shape index (κ3) is 4.36. The van der Waals surface area contributed by atoms with E-state index < -0.39 is 27.6 Å². The molecule has 0 N–H and O–H groups in total. The van der Waals surface area contributed by atoms with E-state index in [9.17, 15) is 22.0 Å². The van der Waals surface area contributed by atoms with Gasteiger partial charge in [-0.25, -0.2) is 17.2 Å². The lowest BCUT2D eigenvalue weighted by atomic mass is 9.98. The van der Waals surface area contributed by atoms with Gasteiger partial charge in [0.05, 0.1) is 5.92 Å². The Morgan fingerprint density at radius 2 is 2.07 bits per heavy atom. The number of rotatable bonds is 5. The van der Waals surface area contributed by atoms with Gasteiger partial charge < -0.3 is 4.90 Å². The van der Waals surface area contributed by atoms with Crippen molar-refractivity contribution in [3.63, 3.8) is 0 Å². The molecule has 1 aromatic heterocycles. The molecule has 146 valence electrons. The molecule has 0 aliphatic carbocycles. The minimum atomic E-state index is -3.59. The van der Waals surface area contributed by atoms with Crippen molar-refractivity contribution in [1.29, 1.82) is 0 Å². The molecule has 3 rings (SSSR count). The van der Waals surface area contributed by atoms with Gasteiger partial charge in [-0.3, -0.25) is 4.79 Å². The molecule has 0 saturated carbocycles. The lowest BCUT2D eigenvalue weighted by Crippen LogP contribution is -2.45. The summed E-state index contributed by atoms with van der Waals surface area (Å²) in [6.45, 7) is 0.641. The highest BCUT2D eigenvalue weighted by atomic mass is 32.2. The van der Waals surface area contributed by atoms with Gasteiger partial charge >= 0.3 is 0 Å². The number of thiophene rings is 1. The maximum atomic E-state index is 13.4. The quantitative estimate of drug-likeness (QED) is 0.756. The van der Waals surface area contributed by atoms with Crippen LogP contribution in [0.4, 0.5) is 8.78 Å². The summed E-state index contributed by atoms with van der Waals surface area (Å²) < 4.78 is 53.4. The van der Waals surface area contributed by atoms with Crippen molar-refractivity contribution in [2.45, 2.75) is 23.6 Å². The van der Waals surface area contributed by atoms with Crippen LogP contribution in [-0.4, -0.2) is 43.7 Å². The van der Waals surface area contributed by atoms with Crippen LogP contribution in [0.5, 0.6) is 0 Å². The second kappa shape index (κ2) is 8.04. The molecule has 1 amide bonds. The Morgan fingerprint density at radius 3 is 2.74 bits per heavy atom. The smallest absolute Gasteiger partial charge is 0.252 e. The van der Waals surface area contributed by atoms with Gasteiger partial charge in [-0.05, 0) is 42.0 Å². The highest BCUT2D eigenvalue weighted by Crippen LogP contribution is 2.27. The molecular weight excluding hydrogens is 394 g/mol. The highest BCUT2D eigenvalue weighted by Gasteiger charge is 2.34. The van der Waals surface area contributed by atoms with Crippen molar-refractivity contribution in [2.24, 2.45) is 5.92 Å². The Balaban J connectivity index is 1.68. The van der Waals surface area contributed by atoms with Crippen molar-refractivity contribution in [3.05, 3.63) is 52.9 Å². The maximum Gasteiger partial charge on any atom is 0.252 e. The SMILES string of the molecule is CN(Cc1ccc(F)c(F)c1)C(=O)C1CCCN(S(=O)(=O)c2cccs2)C1. The molecule has 1 aliphatic heterocycles. The largest absolute Gasteiger partial charge is 0.341 e. The summed E-state index contributed by atoms with van der Waals surface area (Å²) in [5.41, 5.74) is 0.476. The molecule has 2 aromatic rings. The summed E-state index contributed by atoms with van der Waals surface area (Å²) in [6, 6.07) is 6.75. The van der Waals surface area contributed by atoms with E-state index in [0.717, 1.165) is 23.5 Å². The molecule has 1 unspecified atom stereocenters. The molecular formula is C18H20F2N2O3S2. The number of nitrogens with zero attached hydrogens (tertiary/aromatic N) is 2. The van der Waals surface area contributed by atoms with Crippen molar-refractivity contribution in [1.82, 2.24) is 9.21 Å². The van der Waals surface area contributed by atoms with Crippen LogP contribution in [0.2, 0.25) is 0 Å². The molecule has 1 aliphatic rings. The Morgan fingerprint density at radius 1 is 1.30 bits per heavy atom. The van der Waals surface area contributed by atoms with Crippen LogP contribution < -0.4 is 0 Å². The maximum absolute atomic E-state index is 13.4. The number of carbonyl (C=O) groups excluding carboxylic acids is 1. The van der Waals surface area contributed by atoms with Gasteiger partial charge in [0.15, 0.2) is 11.6 Å². The zero-order valence-electron chi connectivity index (χ0n) is 14.8. The molecule has 1 aromatic carbocycles. The highest BCUT2D eigenvalue weighted by molar-refractivity contribution is 7.91. The lowest BCUT2D eigenvalue weighted by Gasteiger charge is -2.33. The van der Waals surface area contributed by atoms with Gasteiger partial charge in [-0.1, -0.05) is 12.1 Å². The summed E-state index contributed by atoms with van der Waals surface area (Å²) in [5, 5.41) is 1.70. The second-order valence-corrected chi connectivity index (χ2v) is 9.69. The molecule has 0 spiro atoms. The minimum absolute atomic E-state index is 0.126. The molecule has 1 saturated heterocycles. The van der Waals surface area contributed by atoms with Crippen molar-refractivity contribution in [3.8, 4) is 0 Å². The number of carbonyl (C=O) groups is 1. The molecule has 1 atom stereocenters. The third-order valence-corrected chi connectivity index (χ3v) is 7.84. The average Bonchev–Trinajstić information content (AvgIpc) is 3.20. The predicted molar refractivity (Wildman–Crippen MR) is 98.6 cm³/mol. The number of sulfonamides is 1. The van der Waals surface area contributed by atoms with Crippen LogP contribution in [0.1, 0.15) is 18.4 Å². The van der Waals surface area contributed by atoms with Gasteiger partial charge in [0.1, 0.15) is 4.21 Å². The van der Waals surface area contributed by atoms with Crippen LogP contribution in [0.15, 0.2) is 39.9 Å². The van der Waals surface area contributed by atoms with Gasteiger partial charge in [-0.2, -0.15) is 4.31 Å². The predicted octanol–water partition coefficient (Wildman–Crippen LogP) is 3.09. The number of amides is 1. The summed E-state index contributed by atoms with van der Waals surface area (Å²) in [6.07, 6.45) is 1.19. The Labute approximate surface area is 161 Å². The number of piperidine rings is 1. The van der Waals surface area contributed by atoms with Crippen molar-refractivity contribution >= 4 is 27.3 Å². The molecule has 5 nitrogen and oxygen atoms in total. The number of halogens is 2. The second-order valence-electron chi connectivity index (χ2n) is 6.58. The first kappa shape index (κ1) is 19.9. The third-order valence-electron chi connectivity index (χ3n) is 4.60. The van der Waals surface area contributed by atoms with Crippen LogP contribution in [0, 0.1) is 17.6 Å². The molecule has 2 heterocycles. The Hall–Kier alpha value is -1.84. The average molecular weight is 414 g/mol. The molecule has 27 heavy (non-hydrogen) atoms. The molecule has 0 bridgehead atoms. The van der Waals surface area contributed by atoms with E-state index in [1.54, 1.807) is 24.6 Å². The fourth-order valence-corrected chi connectivity index (χ4v) is 5.87. The lowest BCUT2D eigenvalue weighted by molar-refractivity contribution is -0.135. The summed E-state index contributed by atoms with van der Waals surface area (Å²) >= 11 is 1.15. The van der Waals surface area contributed by atoms with Crippen molar-refractivity contribution < 1.29 is 22.0 Å². The summed E-state index contributed by atoms with van der Waals surface area (Å²) in [7, 11) is -2.01. The fraction of sp³-hybridized carbons (Fsp3) is 0.389. The minimum Gasteiger partial charge on any atom is -0.341 e. The van der Waals surface area contributed by atoms with Crippen LogP contribution in [-0.2, 0) is 21.4 Å². The Kier molecular flexibility index (Phi) is 5.92. The summed E-state index contributed by atoms with van der Waals surface area (Å²) in [5.74, 6) is -2.55. The monoisotopic (exact) mass is 414 g/mol. The first-order chi connectivity index (χ1) is 12.8. The van der Waals surface area contributed by atoms with E-state index in [4.69, 9.17) is 0 Å². The number of hydrogen-bond acceptors (Lipinski definition) is 4. The van der Waals surface area contributed by atoms with Gasteiger partial charge in [-0.15, -0.1) is 11.3 Å². The van der Waals surface area contributed by atoms with Crippen LogP contribution >= 0.6 is 11.3 Å². The van der Waals surface area contributed by atoms with Gasteiger partial charge in [0, 0.05) is 26.7 Å². The van der Waals surface area contributed by atoms with E-state index >= 15 is 0 Å². The number of hydrogen-bond donors (Lipinski definition) is 0. The topological polar surface area (TPSA) is 57.7 Å². The van der Waals surface area contributed by atoms with E-state index in [0.29, 0.717) is 24.9 Å². The zero-order chi connectivity index (χ0) is 19.6. The standard InChI is InChI=1S/C18H20F2N2O3S2/c1-21(11-13-6-7-15(19)16(20)10-13)18(23)14-4-2-8-22(12-14)27(24,25)17-5-3-9-26-17/h3,5-7,9-10,14H,2,4,8,11-12H2,1H3. The van der Waals surface area contributed by atoms with E-state index in [1.165, 1.54) is 15.3 Å². The first-order valence-electron chi connectivity index (χ1n) is 8.51. The normalized spacial score (nSPS) is 18.4. The van der Waals surface area contributed by atoms with Crippen LogP contribution in [0.3, 0.4) is 0 Å². The molecule has 1 fully saturated rings. The first-order valence-corrected chi connectivity index (χ1v) is 10.8. The van der Waals surface area contributed by atoms with Crippen molar-refractivity contribution in [2.75, 3.05) is 20.1 Å². The zero-order valence-corrected chi connectivity index (χ0v) is 16.4. The fourth-order valence-electron chi connectivity index (χ4n) is 3.20. The van der Waals surface area contributed by atoms with E-state index in [-0.39, 0.29) is 23.2 Å². The summed E-state index contributed by atoms with van der Waals surface area (Å²) in [4.78, 5) is 14.2. The van der Waals surface area contributed by atoms with E-state index in [1.807, 2.05) is 0 Å². The molecule has 0 radical (unpaired) electrons. The number of benzene rings is 1. The van der Waals surface area contributed by atoms with Crippen LogP contribution in [0.25, 0.3) is 0 Å². The van der Waals surface area contributed by atoms with E-state index in [2.05, 4.69) is 0 Å².